The number of carbonyl (C=O) groups excluding carboxylic acids is 1. The lowest BCUT2D eigenvalue weighted by Crippen LogP contribution is -2.36. The van der Waals surface area contributed by atoms with Gasteiger partial charge in [0.05, 0.1) is 0 Å². The highest BCUT2D eigenvalue weighted by Crippen LogP contribution is 2.06. The first-order valence-electron chi connectivity index (χ1n) is 4.32. The van der Waals surface area contributed by atoms with Crippen LogP contribution in [-0.4, -0.2) is 29.3 Å². The predicted molar refractivity (Wildman–Crippen MR) is 56.9 cm³/mol. The molecule has 0 aromatic rings. The van der Waals surface area contributed by atoms with E-state index in [1.807, 2.05) is 6.92 Å². The maximum absolute atomic E-state index is 11.6. The maximum atomic E-state index is 11.6. The summed E-state index contributed by atoms with van der Waals surface area (Å²) in [5.41, 5.74) is 0. The molecule has 0 aromatic heterocycles. The number of alkyl halides is 1. The molecular formula is C10H16ClNO. The fourth-order valence-electron chi connectivity index (χ4n) is 0.939. The number of hydrogen-bond acceptors (Lipinski definition) is 1. The van der Waals surface area contributed by atoms with Gasteiger partial charge in [0.15, 0.2) is 0 Å². The van der Waals surface area contributed by atoms with E-state index < -0.39 is 5.38 Å². The van der Waals surface area contributed by atoms with Gasteiger partial charge in [0.1, 0.15) is 5.38 Å². The summed E-state index contributed by atoms with van der Waals surface area (Å²) in [5.74, 6) is -0.0519. The van der Waals surface area contributed by atoms with E-state index in [0.717, 1.165) is 0 Å². The molecule has 0 unspecified atom stereocenters. The van der Waals surface area contributed by atoms with Crippen LogP contribution in [0.2, 0.25) is 0 Å². The van der Waals surface area contributed by atoms with Crippen LogP contribution in [0.5, 0.6) is 0 Å². The number of amides is 1. The van der Waals surface area contributed by atoms with Crippen LogP contribution in [0.15, 0.2) is 25.3 Å². The van der Waals surface area contributed by atoms with Crippen LogP contribution in [0.3, 0.4) is 0 Å². The second kappa shape index (κ2) is 6.72. The van der Waals surface area contributed by atoms with Crippen molar-refractivity contribution < 1.29 is 4.79 Å². The van der Waals surface area contributed by atoms with Gasteiger partial charge in [0, 0.05) is 13.1 Å². The van der Waals surface area contributed by atoms with Crippen molar-refractivity contribution >= 4 is 17.5 Å². The third-order valence-corrected chi connectivity index (χ3v) is 2.13. The molecule has 3 heteroatoms. The van der Waals surface area contributed by atoms with Crippen LogP contribution >= 0.6 is 11.6 Å². The summed E-state index contributed by atoms with van der Waals surface area (Å²) < 4.78 is 0. The second-order valence-corrected chi connectivity index (χ2v) is 3.22. The molecule has 0 saturated carbocycles. The molecule has 2 nitrogen and oxygen atoms in total. The highest BCUT2D eigenvalue weighted by molar-refractivity contribution is 6.30. The van der Waals surface area contributed by atoms with E-state index in [2.05, 4.69) is 13.2 Å². The Kier molecular flexibility index (Phi) is 6.33. The van der Waals surface area contributed by atoms with Crippen molar-refractivity contribution in [2.24, 2.45) is 0 Å². The van der Waals surface area contributed by atoms with Gasteiger partial charge in [-0.05, 0) is 6.42 Å². The minimum Gasteiger partial charge on any atom is -0.334 e. The van der Waals surface area contributed by atoms with E-state index in [1.54, 1.807) is 17.1 Å². The smallest absolute Gasteiger partial charge is 0.241 e. The van der Waals surface area contributed by atoms with Crippen LogP contribution < -0.4 is 0 Å². The summed E-state index contributed by atoms with van der Waals surface area (Å²) in [7, 11) is 0. The highest BCUT2D eigenvalue weighted by atomic mass is 35.5. The normalized spacial score (nSPS) is 11.8. The van der Waals surface area contributed by atoms with E-state index >= 15 is 0 Å². The number of nitrogens with zero attached hydrogens (tertiary/aromatic N) is 1. The van der Waals surface area contributed by atoms with E-state index in [4.69, 9.17) is 11.6 Å². The summed E-state index contributed by atoms with van der Waals surface area (Å²) in [6, 6.07) is 0. The van der Waals surface area contributed by atoms with Crippen LogP contribution in [0.1, 0.15) is 13.3 Å². The molecule has 0 bridgehead atoms. The first kappa shape index (κ1) is 12.2. The van der Waals surface area contributed by atoms with E-state index in [1.165, 1.54) is 0 Å². The Morgan fingerprint density at radius 2 is 1.92 bits per heavy atom. The number of hydrogen-bond donors (Lipinski definition) is 0. The SMILES string of the molecule is C=CCN(CC=C)C(=O)[C@H](Cl)CC. The first-order valence-corrected chi connectivity index (χ1v) is 4.75. The molecule has 0 saturated heterocycles. The molecule has 0 aliphatic rings. The third-order valence-electron chi connectivity index (χ3n) is 1.64. The van der Waals surface area contributed by atoms with Gasteiger partial charge in [0.2, 0.25) is 5.91 Å². The van der Waals surface area contributed by atoms with E-state index in [0.29, 0.717) is 19.5 Å². The van der Waals surface area contributed by atoms with Crippen LogP contribution in [0.25, 0.3) is 0 Å². The zero-order valence-electron chi connectivity index (χ0n) is 8.00. The fourth-order valence-corrected chi connectivity index (χ4v) is 1.08. The number of rotatable bonds is 6. The molecule has 0 fully saturated rings. The maximum Gasteiger partial charge on any atom is 0.241 e. The Balaban J connectivity index is 4.25. The van der Waals surface area contributed by atoms with Crippen molar-refractivity contribution in [1.82, 2.24) is 4.90 Å². The van der Waals surface area contributed by atoms with E-state index in [9.17, 15) is 4.79 Å². The van der Waals surface area contributed by atoms with E-state index in [-0.39, 0.29) is 5.91 Å². The van der Waals surface area contributed by atoms with Gasteiger partial charge in [-0.25, -0.2) is 0 Å². The Labute approximate surface area is 84.9 Å². The predicted octanol–water partition coefficient (Wildman–Crippen LogP) is 2.20. The molecule has 0 aliphatic heterocycles. The largest absolute Gasteiger partial charge is 0.334 e. The molecule has 1 atom stereocenters. The standard InChI is InChI=1S/C10H16ClNO/c1-4-7-12(8-5-2)10(13)9(11)6-3/h4-5,9H,1-2,6-8H2,3H3/t9-/m1/s1. The number of halogens is 1. The van der Waals surface area contributed by atoms with Gasteiger partial charge < -0.3 is 4.90 Å². The molecule has 13 heavy (non-hydrogen) atoms. The Bertz CT molecular complexity index is 181. The molecular weight excluding hydrogens is 186 g/mol. The molecule has 1 amide bonds. The van der Waals surface area contributed by atoms with Gasteiger partial charge in [0.25, 0.3) is 0 Å². The molecule has 0 heterocycles. The summed E-state index contributed by atoms with van der Waals surface area (Å²) in [6.07, 6.45) is 4.01. The lowest BCUT2D eigenvalue weighted by atomic mass is 10.3. The van der Waals surface area contributed by atoms with Gasteiger partial charge in [-0.15, -0.1) is 24.8 Å². The average molecular weight is 202 g/mol. The highest BCUT2D eigenvalue weighted by Gasteiger charge is 2.18. The zero-order chi connectivity index (χ0) is 10.3. The molecule has 0 radical (unpaired) electrons. The third kappa shape index (κ3) is 4.13. The van der Waals surface area contributed by atoms with Crippen molar-refractivity contribution in [3.8, 4) is 0 Å². The van der Waals surface area contributed by atoms with Crippen molar-refractivity contribution in [2.45, 2.75) is 18.7 Å². The summed E-state index contributed by atoms with van der Waals surface area (Å²) in [5, 5.41) is -0.431. The lowest BCUT2D eigenvalue weighted by molar-refractivity contribution is -0.129. The quantitative estimate of drug-likeness (QED) is 0.477. The zero-order valence-corrected chi connectivity index (χ0v) is 8.76. The van der Waals surface area contributed by atoms with Crippen molar-refractivity contribution in [3.05, 3.63) is 25.3 Å². The number of carbonyl (C=O) groups is 1. The summed E-state index contributed by atoms with van der Waals surface area (Å²) in [4.78, 5) is 13.2. The molecule has 0 N–H and O–H groups in total. The Hall–Kier alpha value is -0.760. The summed E-state index contributed by atoms with van der Waals surface area (Å²) in [6.45, 7) is 10.1. The minimum absolute atomic E-state index is 0.0519. The van der Waals surface area contributed by atoms with Crippen LogP contribution in [-0.2, 0) is 4.79 Å². The van der Waals surface area contributed by atoms with Gasteiger partial charge >= 0.3 is 0 Å². The average Bonchev–Trinajstić information content (AvgIpc) is 2.15. The van der Waals surface area contributed by atoms with Crippen molar-refractivity contribution in [3.63, 3.8) is 0 Å². The first-order chi connectivity index (χ1) is 6.17. The fraction of sp³-hybridized carbons (Fsp3) is 0.500. The van der Waals surface area contributed by atoms with Gasteiger partial charge in [-0.1, -0.05) is 19.1 Å². The Morgan fingerprint density at radius 3 is 2.23 bits per heavy atom. The molecule has 0 aromatic carbocycles. The minimum atomic E-state index is -0.431. The van der Waals surface area contributed by atoms with Crippen LogP contribution in [0.4, 0.5) is 0 Å². The molecule has 0 rings (SSSR count). The molecule has 0 aliphatic carbocycles. The van der Waals surface area contributed by atoms with Crippen LogP contribution in [0, 0.1) is 0 Å². The lowest BCUT2D eigenvalue weighted by Gasteiger charge is -2.21. The summed E-state index contributed by atoms with van der Waals surface area (Å²) >= 11 is 5.82. The van der Waals surface area contributed by atoms with Gasteiger partial charge in [-0.3, -0.25) is 4.79 Å². The van der Waals surface area contributed by atoms with Crippen molar-refractivity contribution in [2.75, 3.05) is 13.1 Å². The monoisotopic (exact) mass is 201 g/mol. The molecule has 74 valence electrons. The van der Waals surface area contributed by atoms with Crippen molar-refractivity contribution in [1.29, 1.82) is 0 Å². The Morgan fingerprint density at radius 1 is 1.46 bits per heavy atom. The van der Waals surface area contributed by atoms with Gasteiger partial charge in [-0.2, -0.15) is 0 Å². The second-order valence-electron chi connectivity index (χ2n) is 2.70. The topological polar surface area (TPSA) is 20.3 Å². The molecule has 0 spiro atoms.